The summed E-state index contributed by atoms with van der Waals surface area (Å²) in [5.41, 5.74) is 3.98. The lowest BCUT2D eigenvalue weighted by atomic mass is 10.2. The molecule has 0 unspecified atom stereocenters. The molecule has 2 aliphatic rings. The Balaban J connectivity index is 1.14. The van der Waals surface area contributed by atoms with Gasteiger partial charge in [0.15, 0.2) is 0 Å². The first-order valence-electron chi connectivity index (χ1n) is 10.3. The number of piperazine rings is 1. The molecule has 0 aromatic carbocycles. The zero-order chi connectivity index (χ0) is 19.8. The second kappa shape index (κ2) is 7.68. The number of fused-ring (bicyclic) bond motifs is 2. The van der Waals surface area contributed by atoms with Crippen molar-refractivity contribution in [1.82, 2.24) is 29.0 Å². The SMILES string of the molecule is O=c1cc2c(nn1CCN1CCN(Cc3cn4cc(F)ccc4n3)CC1)CCC2. The molecular formula is C21H25FN6O. The standard InChI is InChI=1S/C21H25FN6O/c22-17-4-5-20-23-18(15-27(20)13-17)14-26-8-6-25(7-9-26)10-11-28-21(29)12-16-2-1-3-19(16)24-28/h4-5,12-13,15H,1-3,6-11,14H2. The average molecular weight is 396 g/mol. The Morgan fingerprint density at radius 2 is 1.83 bits per heavy atom. The van der Waals surface area contributed by atoms with Gasteiger partial charge < -0.3 is 4.40 Å². The second-order valence-corrected chi connectivity index (χ2v) is 7.99. The van der Waals surface area contributed by atoms with Crippen molar-refractivity contribution < 1.29 is 4.39 Å². The van der Waals surface area contributed by atoms with Crippen LogP contribution < -0.4 is 5.56 Å². The van der Waals surface area contributed by atoms with Crippen LogP contribution in [-0.4, -0.2) is 61.7 Å². The summed E-state index contributed by atoms with van der Waals surface area (Å²) in [7, 11) is 0. The fourth-order valence-corrected chi connectivity index (χ4v) is 4.33. The predicted molar refractivity (Wildman–Crippen MR) is 107 cm³/mol. The first kappa shape index (κ1) is 18.4. The molecule has 1 saturated heterocycles. The summed E-state index contributed by atoms with van der Waals surface area (Å²) in [4.78, 5) is 21.6. The highest BCUT2D eigenvalue weighted by Gasteiger charge is 2.19. The van der Waals surface area contributed by atoms with Gasteiger partial charge in [-0.1, -0.05) is 0 Å². The van der Waals surface area contributed by atoms with E-state index in [0.717, 1.165) is 81.1 Å². The van der Waals surface area contributed by atoms with Crippen LogP contribution in [0.3, 0.4) is 0 Å². The third kappa shape index (κ3) is 3.95. The smallest absolute Gasteiger partial charge is 0.267 e. The van der Waals surface area contributed by atoms with Crippen LogP contribution in [0, 0.1) is 5.82 Å². The third-order valence-electron chi connectivity index (χ3n) is 5.97. The Hall–Kier alpha value is -2.58. The van der Waals surface area contributed by atoms with E-state index >= 15 is 0 Å². The van der Waals surface area contributed by atoms with Gasteiger partial charge in [0.05, 0.1) is 17.9 Å². The van der Waals surface area contributed by atoms with Crippen molar-refractivity contribution in [3.63, 3.8) is 0 Å². The number of hydrogen-bond acceptors (Lipinski definition) is 5. The molecule has 0 radical (unpaired) electrons. The van der Waals surface area contributed by atoms with Gasteiger partial charge in [-0.3, -0.25) is 14.6 Å². The molecule has 1 fully saturated rings. The lowest BCUT2D eigenvalue weighted by Crippen LogP contribution is -2.47. The minimum absolute atomic E-state index is 0.0209. The Morgan fingerprint density at radius 1 is 1.00 bits per heavy atom. The van der Waals surface area contributed by atoms with Gasteiger partial charge in [-0.2, -0.15) is 5.10 Å². The molecule has 8 heteroatoms. The maximum Gasteiger partial charge on any atom is 0.267 e. The molecule has 0 atom stereocenters. The minimum Gasteiger partial charge on any atom is -0.304 e. The topological polar surface area (TPSA) is 58.7 Å². The van der Waals surface area contributed by atoms with Crippen LogP contribution in [0.2, 0.25) is 0 Å². The van der Waals surface area contributed by atoms with Crippen LogP contribution in [0.15, 0.2) is 35.4 Å². The number of halogens is 1. The van der Waals surface area contributed by atoms with E-state index in [2.05, 4.69) is 19.9 Å². The highest BCUT2D eigenvalue weighted by Crippen LogP contribution is 2.17. The van der Waals surface area contributed by atoms with Crippen LogP contribution in [0.25, 0.3) is 5.65 Å². The Morgan fingerprint density at radius 3 is 2.69 bits per heavy atom. The molecule has 4 heterocycles. The van der Waals surface area contributed by atoms with E-state index in [9.17, 15) is 9.18 Å². The number of aromatic nitrogens is 4. The largest absolute Gasteiger partial charge is 0.304 e. The van der Waals surface area contributed by atoms with Gasteiger partial charge in [-0.15, -0.1) is 0 Å². The van der Waals surface area contributed by atoms with Gasteiger partial charge in [0.2, 0.25) is 0 Å². The van der Waals surface area contributed by atoms with Crippen molar-refractivity contribution >= 4 is 5.65 Å². The van der Waals surface area contributed by atoms with Gasteiger partial charge in [0.1, 0.15) is 11.5 Å². The molecule has 1 aliphatic carbocycles. The van der Waals surface area contributed by atoms with Crippen molar-refractivity contribution in [1.29, 1.82) is 0 Å². The summed E-state index contributed by atoms with van der Waals surface area (Å²) in [6.45, 7) is 6.08. The number of pyridine rings is 1. The highest BCUT2D eigenvalue weighted by atomic mass is 19.1. The number of hydrogen-bond donors (Lipinski definition) is 0. The number of rotatable bonds is 5. The van der Waals surface area contributed by atoms with Crippen molar-refractivity contribution in [2.75, 3.05) is 32.7 Å². The zero-order valence-electron chi connectivity index (χ0n) is 16.4. The lowest BCUT2D eigenvalue weighted by molar-refractivity contribution is 0.122. The maximum absolute atomic E-state index is 13.3. The Bertz CT molecular complexity index is 1080. The molecular weight excluding hydrogens is 371 g/mol. The normalized spacial score (nSPS) is 17.8. The summed E-state index contributed by atoms with van der Waals surface area (Å²) >= 11 is 0. The average Bonchev–Trinajstić information content (AvgIpc) is 3.32. The molecule has 0 bridgehead atoms. The van der Waals surface area contributed by atoms with Crippen molar-refractivity contribution in [3.8, 4) is 0 Å². The molecule has 0 amide bonds. The molecule has 5 rings (SSSR count). The van der Waals surface area contributed by atoms with Crippen LogP contribution in [0.1, 0.15) is 23.4 Å². The van der Waals surface area contributed by atoms with Gasteiger partial charge in [0, 0.05) is 57.7 Å². The van der Waals surface area contributed by atoms with Gasteiger partial charge in [-0.05, 0) is 37.0 Å². The summed E-state index contributed by atoms with van der Waals surface area (Å²) in [5, 5.41) is 4.56. The number of nitrogens with zero attached hydrogens (tertiary/aromatic N) is 6. The summed E-state index contributed by atoms with van der Waals surface area (Å²) < 4.78 is 16.7. The van der Waals surface area contributed by atoms with Crippen LogP contribution in [-0.2, 0) is 25.9 Å². The van der Waals surface area contributed by atoms with E-state index in [1.165, 1.54) is 12.3 Å². The van der Waals surface area contributed by atoms with Gasteiger partial charge in [0.25, 0.3) is 5.56 Å². The molecule has 1 aliphatic heterocycles. The molecule has 3 aromatic rings. The number of aryl methyl sites for hydroxylation is 2. The molecule has 0 N–H and O–H groups in total. The maximum atomic E-state index is 13.3. The van der Waals surface area contributed by atoms with Crippen molar-refractivity contribution in [2.45, 2.75) is 32.4 Å². The highest BCUT2D eigenvalue weighted by molar-refractivity contribution is 5.39. The minimum atomic E-state index is -0.257. The Labute approximate surface area is 168 Å². The quantitative estimate of drug-likeness (QED) is 0.651. The summed E-state index contributed by atoms with van der Waals surface area (Å²) in [6, 6.07) is 4.91. The van der Waals surface area contributed by atoms with E-state index in [0.29, 0.717) is 6.54 Å². The first-order chi connectivity index (χ1) is 14.1. The van der Waals surface area contributed by atoms with Crippen LogP contribution >= 0.6 is 0 Å². The van der Waals surface area contributed by atoms with E-state index in [-0.39, 0.29) is 11.4 Å². The molecule has 3 aromatic heterocycles. The fourth-order valence-electron chi connectivity index (χ4n) is 4.33. The van der Waals surface area contributed by atoms with Crippen molar-refractivity contribution in [3.05, 3.63) is 63.7 Å². The van der Waals surface area contributed by atoms with Crippen LogP contribution in [0.5, 0.6) is 0 Å². The van der Waals surface area contributed by atoms with E-state index in [1.807, 2.05) is 6.20 Å². The van der Waals surface area contributed by atoms with E-state index in [1.54, 1.807) is 21.2 Å². The lowest BCUT2D eigenvalue weighted by Gasteiger charge is -2.34. The fraction of sp³-hybridized carbons (Fsp3) is 0.476. The first-order valence-corrected chi connectivity index (χ1v) is 10.3. The third-order valence-corrected chi connectivity index (χ3v) is 5.97. The predicted octanol–water partition coefficient (Wildman–Crippen LogP) is 1.34. The molecule has 7 nitrogen and oxygen atoms in total. The Kier molecular flexibility index (Phi) is 4.89. The van der Waals surface area contributed by atoms with Crippen LogP contribution in [0.4, 0.5) is 4.39 Å². The summed E-state index contributed by atoms with van der Waals surface area (Å²) in [6.07, 6.45) is 6.44. The molecule has 152 valence electrons. The molecule has 0 spiro atoms. The van der Waals surface area contributed by atoms with Crippen molar-refractivity contribution in [2.24, 2.45) is 0 Å². The monoisotopic (exact) mass is 396 g/mol. The van der Waals surface area contributed by atoms with Gasteiger partial charge >= 0.3 is 0 Å². The summed E-state index contributed by atoms with van der Waals surface area (Å²) in [5.74, 6) is -0.257. The number of imidazole rings is 1. The van der Waals surface area contributed by atoms with E-state index < -0.39 is 0 Å². The second-order valence-electron chi connectivity index (χ2n) is 7.99. The van der Waals surface area contributed by atoms with Gasteiger partial charge in [-0.25, -0.2) is 14.1 Å². The molecule has 0 saturated carbocycles. The molecule has 29 heavy (non-hydrogen) atoms. The van der Waals surface area contributed by atoms with E-state index in [4.69, 9.17) is 0 Å². The zero-order valence-corrected chi connectivity index (χ0v) is 16.4.